The Morgan fingerprint density at radius 3 is 2.68 bits per heavy atom. The molecule has 0 spiro atoms. The van der Waals surface area contributed by atoms with Gasteiger partial charge in [-0.2, -0.15) is 0 Å². The number of nitrogens with zero attached hydrogens (tertiary/aromatic N) is 1. The molecule has 0 saturated carbocycles. The van der Waals surface area contributed by atoms with Crippen molar-refractivity contribution >= 4 is 35.0 Å². The Bertz CT molecular complexity index is 872. The third kappa shape index (κ3) is 5.40. The van der Waals surface area contributed by atoms with Crippen LogP contribution in [-0.2, 0) is 22.7 Å². The molecule has 0 aromatic heterocycles. The summed E-state index contributed by atoms with van der Waals surface area (Å²) in [5.74, 6) is 0.451. The lowest BCUT2D eigenvalue weighted by Crippen LogP contribution is -2.35. The Labute approximate surface area is 174 Å². The predicted octanol–water partition coefficient (Wildman–Crippen LogP) is 4.20. The maximum Gasteiger partial charge on any atom is 0.261 e. The summed E-state index contributed by atoms with van der Waals surface area (Å²) in [4.78, 5) is 26.0. The second-order valence-electron chi connectivity index (χ2n) is 6.79. The summed E-state index contributed by atoms with van der Waals surface area (Å²) in [5, 5.41) is 3.68. The molecule has 28 heavy (non-hydrogen) atoms. The van der Waals surface area contributed by atoms with Crippen molar-refractivity contribution in [1.29, 1.82) is 0 Å². The van der Waals surface area contributed by atoms with Crippen molar-refractivity contribution in [1.82, 2.24) is 10.2 Å². The number of likely N-dealkylation sites (tertiary alicyclic amines) is 1. The number of rotatable bonds is 7. The van der Waals surface area contributed by atoms with Crippen molar-refractivity contribution in [3.63, 3.8) is 0 Å². The van der Waals surface area contributed by atoms with Gasteiger partial charge < -0.3 is 15.0 Å². The largest absolute Gasteiger partial charge is 0.481 e. The summed E-state index contributed by atoms with van der Waals surface area (Å²) in [6.07, 6.45) is 0.875. The van der Waals surface area contributed by atoms with Gasteiger partial charge in [0.15, 0.2) is 6.10 Å². The van der Waals surface area contributed by atoms with E-state index in [1.807, 2.05) is 29.2 Å². The fourth-order valence-electron chi connectivity index (χ4n) is 3.07. The second-order valence-corrected chi connectivity index (χ2v) is 7.61. The molecule has 1 N–H and O–H groups in total. The third-order valence-corrected chi connectivity index (χ3v) is 5.32. The van der Waals surface area contributed by atoms with Crippen LogP contribution in [0.2, 0.25) is 10.0 Å². The molecule has 1 saturated heterocycles. The van der Waals surface area contributed by atoms with Crippen LogP contribution in [0.3, 0.4) is 0 Å². The molecule has 1 atom stereocenters. The lowest BCUT2D eigenvalue weighted by molar-refractivity contribution is -0.128. The Kier molecular flexibility index (Phi) is 6.81. The number of nitrogens with one attached hydrogen (secondary N) is 1. The van der Waals surface area contributed by atoms with E-state index in [9.17, 15) is 9.59 Å². The topological polar surface area (TPSA) is 58.6 Å². The lowest BCUT2D eigenvalue weighted by Gasteiger charge is -2.17. The maximum absolute atomic E-state index is 12.3. The number of halogens is 2. The van der Waals surface area contributed by atoms with Crippen LogP contribution in [-0.4, -0.2) is 29.4 Å². The summed E-state index contributed by atoms with van der Waals surface area (Å²) in [7, 11) is 0. The average molecular weight is 421 g/mol. The van der Waals surface area contributed by atoms with Gasteiger partial charge in [-0.15, -0.1) is 0 Å². The van der Waals surface area contributed by atoms with Gasteiger partial charge in [-0.05, 0) is 36.6 Å². The number of ether oxygens (including phenoxy) is 1. The van der Waals surface area contributed by atoms with Gasteiger partial charge in [-0.3, -0.25) is 9.59 Å². The molecule has 1 heterocycles. The van der Waals surface area contributed by atoms with E-state index >= 15 is 0 Å². The molecule has 1 fully saturated rings. The van der Waals surface area contributed by atoms with E-state index < -0.39 is 6.10 Å². The number of amides is 2. The quantitative estimate of drug-likeness (QED) is 0.729. The van der Waals surface area contributed by atoms with Crippen LogP contribution in [0.1, 0.15) is 30.9 Å². The Hall–Kier alpha value is -2.24. The van der Waals surface area contributed by atoms with E-state index in [-0.39, 0.29) is 11.8 Å². The zero-order valence-corrected chi connectivity index (χ0v) is 17.1. The number of carbonyl (C=O) groups excluding carboxylic acids is 2. The van der Waals surface area contributed by atoms with Crippen LogP contribution >= 0.6 is 23.2 Å². The van der Waals surface area contributed by atoms with E-state index in [0.717, 1.165) is 24.1 Å². The van der Waals surface area contributed by atoms with Crippen LogP contribution in [0.4, 0.5) is 0 Å². The summed E-state index contributed by atoms with van der Waals surface area (Å²) in [6.45, 7) is 3.48. The summed E-state index contributed by atoms with van der Waals surface area (Å²) < 4.78 is 5.63. The fourth-order valence-corrected chi connectivity index (χ4v) is 3.36. The van der Waals surface area contributed by atoms with Crippen LogP contribution in [0.25, 0.3) is 0 Å². The molecule has 0 radical (unpaired) electrons. The molecule has 3 rings (SSSR count). The minimum absolute atomic E-state index is 0.201. The molecule has 1 aliphatic heterocycles. The Balaban J connectivity index is 1.52. The molecule has 1 unspecified atom stereocenters. The van der Waals surface area contributed by atoms with E-state index in [0.29, 0.717) is 35.3 Å². The van der Waals surface area contributed by atoms with Gasteiger partial charge in [0, 0.05) is 32.1 Å². The van der Waals surface area contributed by atoms with Crippen molar-refractivity contribution in [3.8, 4) is 5.75 Å². The van der Waals surface area contributed by atoms with E-state index in [2.05, 4.69) is 5.32 Å². The molecule has 148 valence electrons. The second kappa shape index (κ2) is 9.30. The third-order valence-electron chi connectivity index (χ3n) is 4.58. The monoisotopic (exact) mass is 420 g/mol. The zero-order chi connectivity index (χ0) is 20.1. The molecule has 7 heteroatoms. The molecule has 5 nitrogen and oxygen atoms in total. The standard InChI is InChI=1S/C21H22Cl2N2O3/c1-14(28-17-7-8-18(22)19(23)11-17)21(27)24-12-15-4-2-5-16(10-15)13-25-9-3-6-20(25)26/h2,4-5,7-8,10-11,14H,3,6,9,12-13H2,1H3,(H,24,27). The molecule has 2 aromatic carbocycles. The first-order chi connectivity index (χ1) is 13.4. The van der Waals surface area contributed by atoms with Gasteiger partial charge in [0.05, 0.1) is 10.0 Å². The molecular formula is C21H22Cl2N2O3. The maximum atomic E-state index is 12.3. The molecule has 0 bridgehead atoms. The van der Waals surface area contributed by atoms with Crippen molar-refractivity contribution < 1.29 is 14.3 Å². The van der Waals surface area contributed by atoms with Crippen LogP contribution < -0.4 is 10.1 Å². The summed E-state index contributed by atoms with van der Waals surface area (Å²) in [6, 6.07) is 12.8. The molecule has 0 aliphatic carbocycles. The highest BCUT2D eigenvalue weighted by molar-refractivity contribution is 6.42. The highest BCUT2D eigenvalue weighted by Crippen LogP contribution is 2.26. The average Bonchev–Trinajstić information content (AvgIpc) is 3.07. The fraction of sp³-hybridized carbons (Fsp3) is 0.333. The van der Waals surface area contributed by atoms with Gasteiger partial charge in [-0.1, -0.05) is 47.5 Å². The van der Waals surface area contributed by atoms with Gasteiger partial charge in [0.25, 0.3) is 5.91 Å². The molecule has 2 aromatic rings. The number of hydrogen-bond donors (Lipinski definition) is 1. The predicted molar refractivity (Wildman–Crippen MR) is 109 cm³/mol. The number of carbonyl (C=O) groups is 2. The number of benzene rings is 2. The summed E-state index contributed by atoms with van der Waals surface area (Å²) in [5.41, 5.74) is 2.03. The van der Waals surface area contributed by atoms with Crippen LogP contribution in [0.15, 0.2) is 42.5 Å². The van der Waals surface area contributed by atoms with Crippen LogP contribution in [0.5, 0.6) is 5.75 Å². The SMILES string of the molecule is CC(Oc1ccc(Cl)c(Cl)c1)C(=O)NCc1cccc(CN2CCCC2=O)c1. The highest BCUT2D eigenvalue weighted by Gasteiger charge is 2.20. The number of hydrogen-bond acceptors (Lipinski definition) is 3. The Morgan fingerprint density at radius 2 is 1.96 bits per heavy atom. The minimum Gasteiger partial charge on any atom is -0.481 e. The van der Waals surface area contributed by atoms with Gasteiger partial charge in [0.2, 0.25) is 5.91 Å². The molecular weight excluding hydrogens is 399 g/mol. The lowest BCUT2D eigenvalue weighted by atomic mass is 10.1. The molecule has 2 amide bonds. The van der Waals surface area contributed by atoms with Crippen molar-refractivity contribution in [3.05, 3.63) is 63.6 Å². The normalized spacial score (nSPS) is 14.8. The first kappa shape index (κ1) is 20.5. The first-order valence-corrected chi connectivity index (χ1v) is 9.93. The smallest absolute Gasteiger partial charge is 0.261 e. The highest BCUT2D eigenvalue weighted by atomic mass is 35.5. The van der Waals surface area contributed by atoms with Crippen molar-refractivity contribution in [2.24, 2.45) is 0 Å². The molecule has 1 aliphatic rings. The van der Waals surface area contributed by atoms with Crippen molar-refractivity contribution in [2.45, 2.75) is 39.0 Å². The van der Waals surface area contributed by atoms with E-state index in [1.165, 1.54) is 0 Å². The Morgan fingerprint density at radius 1 is 1.18 bits per heavy atom. The van der Waals surface area contributed by atoms with Gasteiger partial charge >= 0.3 is 0 Å². The van der Waals surface area contributed by atoms with Gasteiger partial charge in [0.1, 0.15) is 5.75 Å². The van der Waals surface area contributed by atoms with Crippen LogP contribution in [0, 0.1) is 0 Å². The first-order valence-electron chi connectivity index (χ1n) is 9.17. The van der Waals surface area contributed by atoms with Gasteiger partial charge in [-0.25, -0.2) is 0 Å². The zero-order valence-electron chi connectivity index (χ0n) is 15.6. The summed E-state index contributed by atoms with van der Waals surface area (Å²) >= 11 is 11.8. The minimum atomic E-state index is -0.678. The van der Waals surface area contributed by atoms with E-state index in [4.69, 9.17) is 27.9 Å². The van der Waals surface area contributed by atoms with E-state index in [1.54, 1.807) is 25.1 Å². The van der Waals surface area contributed by atoms with Crippen molar-refractivity contribution in [2.75, 3.05) is 6.54 Å².